The quantitative estimate of drug-likeness (QED) is 0.172. The lowest BCUT2D eigenvalue weighted by Gasteiger charge is -2.30. The van der Waals surface area contributed by atoms with Gasteiger partial charge in [0.05, 0.1) is 5.52 Å². The molecule has 0 radical (unpaired) electrons. The molecule has 56 heavy (non-hydrogen) atoms. The Bertz CT molecular complexity index is 2780. The Kier molecular flexibility index (Phi) is 7.11. The van der Waals surface area contributed by atoms with Gasteiger partial charge in [0.25, 0.3) is 0 Å². The first-order valence-corrected chi connectivity index (χ1v) is 20.0. The van der Waals surface area contributed by atoms with Crippen LogP contribution < -0.4 is 4.90 Å². The van der Waals surface area contributed by atoms with Crippen LogP contribution in [-0.4, -0.2) is 4.57 Å². The zero-order valence-electron chi connectivity index (χ0n) is 32.4. The Morgan fingerprint density at radius 3 is 1.64 bits per heavy atom. The number of nitrogens with zero attached hydrogens (tertiary/aromatic N) is 2. The fourth-order valence-corrected chi connectivity index (χ4v) is 10.3. The normalized spacial score (nSPS) is 16.5. The second-order valence-electron chi connectivity index (χ2n) is 16.9. The van der Waals surface area contributed by atoms with Crippen molar-refractivity contribution in [2.24, 2.45) is 0 Å². The monoisotopic (exact) mass is 720 g/mol. The summed E-state index contributed by atoms with van der Waals surface area (Å²) in [5.41, 5.74) is 20.8. The fraction of sp³-hybridized carbons (Fsp3) is 0.148. The van der Waals surface area contributed by atoms with Crippen molar-refractivity contribution in [1.82, 2.24) is 4.57 Å². The van der Waals surface area contributed by atoms with Crippen LogP contribution in [0, 0.1) is 0 Å². The molecular formula is C54H44N2. The van der Waals surface area contributed by atoms with E-state index in [2.05, 4.69) is 213 Å². The topological polar surface area (TPSA) is 8.17 Å². The molecule has 0 amide bonds. The maximum Gasteiger partial charge on any atom is 0.0537 e. The fourth-order valence-electron chi connectivity index (χ4n) is 10.3. The molecule has 0 spiro atoms. The molecule has 11 rings (SSSR count). The summed E-state index contributed by atoms with van der Waals surface area (Å²) >= 11 is 0. The van der Waals surface area contributed by atoms with Crippen LogP contribution in [0.4, 0.5) is 17.1 Å². The third-order valence-corrected chi connectivity index (χ3v) is 13.2. The summed E-state index contributed by atoms with van der Waals surface area (Å²) in [6.07, 6.45) is 5.73. The zero-order chi connectivity index (χ0) is 37.8. The standard InChI is InChI=1S/C54H44N2/c1-53(2)47-19-11-8-16-41(47)43-29-27-39(33-49(43)53)55(40-28-30-44-42-17-9-12-20-48(42)54(3,4)50(44)34-40)38-25-22-35(23-26-38)36-24-31-52-46(32-36)45-18-10-13-21-51(45)56(52)37-14-6-5-7-15-37/h5-31,33-34,36H,32H2,1-4H3. The predicted molar refractivity (Wildman–Crippen MR) is 235 cm³/mol. The minimum absolute atomic E-state index is 0.0885. The molecular weight excluding hydrogens is 677 g/mol. The van der Waals surface area contributed by atoms with E-state index in [0.29, 0.717) is 5.92 Å². The maximum absolute atomic E-state index is 2.48. The van der Waals surface area contributed by atoms with Crippen molar-refractivity contribution in [1.29, 1.82) is 0 Å². The summed E-state index contributed by atoms with van der Waals surface area (Å²) in [5.74, 6) is 0.290. The van der Waals surface area contributed by atoms with Crippen molar-refractivity contribution < 1.29 is 0 Å². The van der Waals surface area contributed by atoms with Crippen LogP contribution in [0.1, 0.15) is 72.7 Å². The summed E-state index contributed by atoms with van der Waals surface area (Å²) in [7, 11) is 0. The van der Waals surface area contributed by atoms with Crippen molar-refractivity contribution in [2.45, 2.75) is 50.9 Å². The molecule has 3 aliphatic rings. The first-order chi connectivity index (χ1) is 27.3. The third-order valence-electron chi connectivity index (χ3n) is 13.2. The lowest BCUT2D eigenvalue weighted by Crippen LogP contribution is -2.18. The van der Waals surface area contributed by atoms with Gasteiger partial charge < -0.3 is 9.47 Å². The van der Waals surface area contributed by atoms with Gasteiger partial charge in [0.1, 0.15) is 0 Å². The Balaban J connectivity index is 1.01. The second kappa shape index (κ2) is 12.1. The molecule has 0 saturated carbocycles. The molecule has 0 bridgehead atoms. The van der Waals surface area contributed by atoms with E-state index in [0.717, 1.165) is 12.1 Å². The van der Waals surface area contributed by atoms with Crippen LogP contribution in [0.3, 0.4) is 0 Å². The summed E-state index contributed by atoms with van der Waals surface area (Å²) in [6.45, 7) is 9.48. The van der Waals surface area contributed by atoms with Gasteiger partial charge in [0, 0.05) is 50.6 Å². The van der Waals surface area contributed by atoms with E-state index in [1.165, 1.54) is 89.3 Å². The largest absolute Gasteiger partial charge is 0.310 e. The summed E-state index contributed by atoms with van der Waals surface area (Å²) in [6, 6.07) is 61.1. The maximum atomic E-state index is 2.48. The molecule has 1 aromatic heterocycles. The number of hydrogen-bond acceptors (Lipinski definition) is 1. The number of hydrogen-bond donors (Lipinski definition) is 0. The third kappa shape index (κ3) is 4.75. The van der Waals surface area contributed by atoms with Crippen LogP contribution in [0.2, 0.25) is 0 Å². The number of rotatable bonds is 5. The van der Waals surface area contributed by atoms with Crippen LogP contribution in [0.25, 0.3) is 44.9 Å². The van der Waals surface area contributed by atoms with E-state index in [1.54, 1.807) is 0 Å². The molecule has 1 atom stereocenters. The Hall–Kier alpha value is -6.38. The summed E-state index contributed by atoms with van der Waals surface area (Å²) in [4.78, 5) is 2.48. The van der Waals surface area contributed by atoms with Gasteiger partial charge in [-0.1, -0.05) is 143 Å². The van der Waals surface area contributed by atoms with E-state index >= 15 is 0 Å². The summed E-state index contributed by atoms with van der Waals surface area (Å²) in [5, 5.41) is 1.34. The highest BCUT2D eigenvalue weighted by molar-refractivity contribution is 5.92. The highest BCUT2D eigenvalue weighted by atomic mass is 15.1. The number of anilines is 3. The number of benzene rings is 7. The first-order valence-electron chi connectivity index (χ1n) is 20.0. The van der Waals surface area contributed by atoms with E-state index in [9.17, 15) is 0 Å². The minimum atomic E-state index is -0.0885. The minimum Gasteiger partial charge on any atom is -0.310 e. The molecule has 270 valence electrons. The molecule has 0 fully saturated rings. The molecule has 1 unspecified atom stereocenters. The number of para-hydroxylation sites is 2. The van der Waals surface area contributed by atoms with Crippen LogP contribution in [0.15, 0.2) is 170 Å². The van der Waals surface area contributed by atoms with E-state index in [4.69, 9.17) is 0 Å². The van der Waals surface area contributed by atoms with Gasteiger partial charge >= 0.3 is 0 Å². The molecule has 1 heterocycles. The number of allylic oxidation sites excluding steroid dienone is 1. The Morgan fingerprint density at radius 2 is 1.02 bits per heavy atom. The second-order valence-corrected chi connectivity index (χ2v) is 16.9. The molecule has 3 aliphatic carbocycles. The average molecular weight is 721 g/mol. The first kappa shape index (κ1) is 33.0. The molecule has 2 heteroatoms. The zero-order valence-corrected chi connectivity index (χ0v) is 32.4. The predicted octanol–water partition coefficient (Wildman–Crippen LogP) is 14.1. The molecule has 0 aliphatic heterocycles. The lowest BCUT2D eigenvalue weighted by molar-refractivity contribution is 0.660. The van der Waals surface area contributed by atoms with Gasteiger partial charge in [-0.3, -0.25) is 0 Å². The van der Waals surface area contributed by atoms with Crippen LogP contribution >= 0.6 is 0 Å². The van der Waals surface area contributed by atoms with E-state index in [-0.39, 0.29) is 10.8 Å². The molecule has 0 N–H and O–H groups in total. The van der Waals surface area contributed by atoms with Gasteiger partial charge in [0.2, 0.25) is 0 Å². The van der Waals surface area contributed by atoms with Crippen molar-refractivity contribution in [3.63, 3.8) is 0 Å². The van der Waals surface area contributed by atoms with Gasteiger partial charge in [-0.25, -0.2) is 0 Å². The molecule has 2 nitrogen and oxygen atoms in total. The van der Waals surface area contributed by atoms with Crippen LogP contribution in [0.5, 0.6) is 0 Å². The van der Waals surface area contributed by atoms with E-state index < -0.39 is 0 Å². The Labute approximate surface area is 330 Å². The van der Waals surface area contributed by atoms with Crippen LogP contribution in [-0.2, 0) is 17.3 Å². The number of fused-ring (bicyclic) bond motifs is 9. The average Bonchev–Trinajstić information content (AvgIpc) is 3.78. The highest BCUT2D eigenvalue weighted by Gasteiger charge is 2.38. The highest BCUT2D eigenvalue weighted by Crippen LogP contribution is 2.53. The van der Waals surface area contributed by atoms with Gasteiger partial charge in [-0.2, -0.15) is 0 Å². The van der Waals surface area contributed by atoms with Crippen molar-refractivity contribution in [3.05, 3.63) is 209 Å². The van der Waals surface area contributed by atoms with Crippen molar-refractivity contribution in [3.8, 4) is 27.9 Å². The summed E-state index contributed by atoms with van der Waals surface area (Å²) < 4.78 is 2.42. The van der Waals surface area contributed by atoms with Gasteiger partial charge in [-0.05, 0) is 123 Å². The molecule has 7 aromatic carbocycles. The smallest absolute Gasteiger partial charge is 0.0537 e. The van der Waals surface area contributed by atoms with Gasteiger partial charge in [-0.15, -0.1) is 0 Å². The lowest BCUT2D eigenvalue weighted by atomic mass is 9.82. The van der Waals surface area contributed by atoms with Crippen molar-refractivity contribution >= 4 is 34.0 Å². The SMILES string of the molecule is CC1(C)c2ccccc2-c2ccc(N(c3ccc(C4C=Cc5c(c6ccccc6n5-c5ccccc5)C4)cc3)c3ccc4c(c3)C(C)(C)c3ccccc3-4)cc21. The number of aromatic nitrogens is 1. The molecule has 8 aromatic rings. The molecule has 0 saturated heterocycles. The Morgan fingerprint density at radius 1 is 0.500 bits per heavy atom. The van der Waals surface area contributed by atoms with E-state index in [1.807, 2.05) is 0 Å². The van der Waals surface area contributed by atoms with Crippen molar-refractivity contribution in [2.75, 3.05) is 4.90 Å². The van der Waals surface area contributed by atoms with Gasteiger partial charge in [0.15, 0.2) is 0 Å².